The van der Waals surface area contributed by atoms with Crippen LogP contribution in [0.3, 0.4) is 0 Å². The van der Waals surface area contributed by atoms with Crippen molar-refractivity contribution in [3.63, 3.8) is 0 Å². The lowest BCUT2D eigenvalue weighted by Crippen LogP contribution is -2.28. The van der Waals surface area contributed by atoms with Gasteiger partial charge in [0.1, 0.15) is 16.4 Å². The van der Waals surface area contributed by atoms with Crippen molar-refractivity contribution in [1.82, 2.24) is 4.31 Å². The molecule has 3 aromatic rings. The maximum absolute atomic E-state index is 13.1. The first kappa shape index (κ1) is 26.5. The fourth-order valence-corrected chi connectivity index (χ4v) is 6.73. The lowest BCUT2D eigenvalue weighted by Gasteiger charge is -2.16. The van der Waals surface area contributed by atoms with E-state index in [0.717, 1.165) is 12.8 Å². The van der Waals surface area contributed by atoms with Crippen molar-refractivity contribution in [2.24, 2.45) is 0 Å². The summed E-state index contributed by atoms with van der Waals surface area (Å²) in [6, 6.07) is 16.3. The van der Waals surface area contributed by atoms with Gasteiger partial charge in [-0.2, -0.15) is 4.31 Å². The van der Waals surface area contributed by atoms with E-state index in [4.69, 9.17) is 9.47 Å². The van der Waals surface area contributed by atoms with Gasteiger partial charge < -0.3 is 14.8 Å². The SMILES string of the molecule is COc1ccc(NS(=O)(=O)c2cc(NC(=O)c3cccc(S(=O)(=O)N4CCCC4)c3)ccc2OC)cc1. The second-order valence-corrected chi connectivity index (χ2v) is 11.9. The Balaban J connectivity index is 1.57. The number of methoxy groups -OCH3 is 2. The van der Waals surface area contributed by atoms with Gasteiger partial charge in [-0.3, -0.25) is 9.52 Å². The molecule has 1 heterocycles. The minimum absolute atomic E-state index is 0.0312. The molecule has 0 bridgehead atoms. The van der Waals surface area contributed by atoms with Crippen LogP contribution in [0.15, 0.2) is 76.5 Å². The molecule has 1 aliphatic heterocycles. The molecule has 1 aliphatic rings. The van der Waals surface area contributed by atoms with Crippen LogP contribution in [0.25, 0.3) is 0 Å². The van der Waals surface area contributed by atoms with Gasteiger partial charge in [0.15, 0.2) is 0 Å². The lowest BCUT2D eigenvalue weighted by atomic mass is 10.2. The number of hydrogen-bond donors (Lipinski definition) is 2. The Bertz CT molecular complexity index is 1500. The number of ether oxygens (including phenoxy) is 2. The van der Waals surface area contributed by atoms with Crippen LogP contribution >= 0.6 is 0 Å². The number of rotatable bonds is 9. The normalized spacial score (nSPS) is 14.2. The summed E-state index contributed by atoms with van der Waals surface area (Å²) in [4.78, 5) is 12.8. The number of nitrogens with one attached hydrogen (secondary N) is 2. The third-order valence-corrected chi connectivity index (χ3v) is 9.15. The molecule has 1 saturated heterocycles. The second kappa shape index (κ2) is 10.8. The van der Waals surface area contributed by atoms with E-state index >= 15 is 0 Å². The molecule has 0 spiro atoms. The van der Waals surface area contributed by atoms with Crippen LogP contribution in [0, 0.1) is 0 Å². The number of nitrogens with zero attached hydrogens (tertiary/aromatic N) is 1. The molecule has 1 amide bonds. The van der Waals surface area contributed by atoms with E-state index in [1.165, 1.54) is 61.0 Å². The van der Waals surface area contributed by atoms with Crippen LogP contribution in [0.2, 0.25) is 0 Å². The Morgan fingerprint density at radius 2 is 1.51 bits per heavy atom. The first-order chi connectivity index (χ1) is 17.6. The zero-order chi connectivity index (χ0) is 26.6. The maximum Gasteiger partial charge on any atom is 0.265 e. The summed E-state index contributed by atoms with van der Waals surface area (Å²) < 4.78 is 66.2. The van der Waals surface area contributed by atoms with Crippen molar-refractivity contribution in [3.8, 4) is 11.5 Å². The Morgan fingerprint density at radius 3 is 2.16 bits per heavy atom. The van der Waals surface area contributed by atoms with Gasteiger partial charge in [-0.1, -0.05) is 6.07 Å². The molecular formula is C25H27N3O7S2. The van der Waals surface area contributed by atoms with Gasteiger partial charge in [0.2, 0.25) is 10.0 Å². The molecule has 0 aromatic heterocycles. The Kier molecular flexibility index (Phi) is 7.71. The number of hydrogen-bond acceptors (Lipinski definition) is 7. The summed E-state index contributed by atoms with van der Waals surface area (Å²) in [7, 11) is -4.94. The van der Waals surface area contributed by atoms with Crippen LogP contribution in [-0.4, -0.2) is 54.4 Å². The molecule has 0 saturated carbocycles. The van der Waals surface area contributed by atoms with Crippen molar-refractivity contribution in [2.75, 3.05) is 37.3 Å². The summed E-state index contributed by atoms with van der Waals surface area (Å²) >= 11 is 0. The zero-order valence-electron chi connectivity index (χ0n) is 20.3. The van der Waals surface area contributed by atoms with E-state index in [-0.39, 0.29) is 26.8 Å². The molecule has 0 unspecified atom stereocenters. The van der Waals surface area contributed by atoms with E-state index < -0.39 is 26.0 Å². The zero-order valence-corrected chi connectivity index (χ0v) is 21.9. The van der Waals surface area contributed by atoms with E-state index in [1.807, 2.05) is 0 Å². The first-order valence-corrected chi connectivity index (χ1v) is 14.3. The smallest absolute Gasteiger partial charge is 0.265 e. The highest BCUT2D eigenvalue weighted by atomic mass is 32.2. The van der Waals surface area contributed by atoms with Crippen molar-refractivity contribution in [1.29, 1.82) is 0 Å². The van der Waals surface area contributed by atoms with E-state index in [0.29, 0.717) is 24.5 Å². The highest BCUT2D eigenvalue weighted by Gasteiger charge is 2.28. The molecule has 0 radical (unpaired) electrons. The first-order valence-electron chi connectivity index (χ1n) is 11.4. The Hall–Kier alpha value is -3.61. The maximum atomic E-state index is 13.1. The molecule has 3 aromatic carbocycles. The minimum atomic E-state index is -4.09. The average molecular weight is 546 g/mol. The van der Waals surface area contributed by atoms with Gasteiger partial charge in [0, 0.05) is 30.0 Å². The van der Waals surface area contributed by atoms with Gasteiger partial charge >= 0.3 is 0 Å². The third kappa shape index (κ3) is 5.87. The summed E-state index contributed by atoms with van der Waals surface area (Å²) in [5.41, 5.74) is 0.624. The molecule has 0 aliphatic carbocycles. The summed E-state index contributed by atoms with van der Waals surface area (Å²) in [6.07, 6.45) is 1.60. The van der Waals surface area contributed by atoms with Crippen molar-refractivity contribution >= 4 is 37.3 Å². The number of benzene rings is 3. The van der Waals surface area contributed by atoms with Crippen molar-refractivity contribution in [3.05, 3.63) is 72.3 Å². The van der Waals surface area contributed by atoms with Crippen LogP contribution < -0.4 is 19.5 Å². The quantitative estimate of drug-likeness (QED) is 0.420. The summed E-state index contributed by atoms with van der Waals surface area (Å²) in [6.45, 7) is 0.902. The molecule has 12 heteroatoms. The molecular weight excluding hydrogens is 518 g/mol. The predicted molar refractivity (Wildman–Crippen MR) is 139 cm³/mol. The molecule has 10 nitrogen and oxygen atoms in total. The number of amides is 1. The molecule has 4 rings (SSSR count). The fraction of sp³-hybridized carbons (Fsp3) is 0.240. The molecule has 37 heavy (non-hydrogen) atoms. The largest absolute Gasteiger partial charge is 0.497 e. The number of sulfonamides is 2. The highest BCUT2D eigenvalue weighted by molar-refractivity contribution is 7.92. The predicted octanol–water partition coefficient (Wildman–Crippen LogP) is 3.54. The fourth-order valence-electron chi connectivity index (χ4n) is 3.91. The standard InChI is InChI=1S/C25H27N3O7S2/c1-34-21-11-8-19(9-12-21)27-36(30,31)24-17-20(10-13-23(24)35-2)26-25(29)18-6-5-7-22(16-18)37(32,33)28-14-3-4-15-28/h5-13,16-17,27H,3-4,14-15H2,1-2H3,(H,26,29). The average Bonchev–Trinajstić information content (AvgIpc) is 3.45. The third-order valence-electron chi connectivity index (χ3n) is 5.85. The highest BCUT2D eigenvalue weighted by Crippen LogP contribution is 2.30. The van der Waals surface area contributed by atoms with Crippen molar-refractivity contribution < 1.29 is 31.1 Å². The minimum Gasteiger partial charge on any atom is -0.497 e. The molecule has 0 atom stereocenters. The summed E-state index contributed by atoms with van der Waals surface area (Å²) in [5.74, 6) is 0.0651. The van der Waals surface area contributed by atoms with E-state index in [2.05, 4.69) is 10.0 Å². The van der Waals surface area contributed by atoms with E-state index in [1.54, 1.807) is 24.3 Å². The van der Waals surface area contributed by atoms with Crippen LogP contribution in [0.5, 0.6) is 11.5 Å². The van der Waals surface area contributed by atoms with Gasteiger partial charge in [-0.15, -0.1) is 0 Å². The number of carbonyl (C=O) groups is 1. The van der Waals surface area contributed by atoms with Gasteiger partial charge in [0.25, 0.3) is 15.9 Å². The number of anilines is 2. The van der Waals surface area contributed by atoms with Gasteiger partial charge in [0.05, 0.1) is 19.1 Å². The van der Waals surface area contributed by atoms with Crippen LogP contribution in [0.4, 0.5) is 11.4 Å². The van der Waals surface area contributed by atoms with Crippen LogP contribution in [0.1, 0.15) is 23.2 Å². The molecule has 1 fully saturated rings. The summed E-state index contributed by atoms with van der Waals surface area (Å²) in [5, 5.41) is 2.64. The molecule has 196 valence electrons. The lowest BCUT2D eigenvalue weighted by molar-refractivity contribution is 0.102. The second-order valence-electron chi connectivity index (χ2n) is 8.29. The molecule has 2 N–H and O–H groups in total. The monoisotopic (exact) mass is 545 g/mol. The van der Waals surface area contributed by atoms with E-state index in [9.17, 15) is 21.6 Å². The van der Waals surface area contributed by atoms with Gasteiger partial charge in [-0.05, 0) is 73.5 Å². The van der Waals surface area contributed by atoms with Crippen molar-refractivity contribution in [2.45, 2.75) is 22.6 Å². The number of carbonyl (C=O) groups excluding carboxylic acids is 1. The topological polar surface area (TPSA) is 131 Å². The Morgan fingerprint density at radius 1 is 0.838 bits per heavy atom. The van der Waals surface area contributed by atoms with Gasteiger partial charge in [-0.25, -0.2) is 16.8 Å². The van der Waals surface area contributed by atoms with Crippen LogP contribution in [-0.2, 0) is 20.0 Å². The Labute approximate surface area is 216 Å².